The van der Waals surface area contributed by atoms with Crippen LogP contribution in [0.3, 0.4) is 0 Å². The fourth-order valence-electron chi connectivity index (χ4n) is 1.85. The van der Waals surface area contributed by atoms with E-state index in [4.69, 9.17) is 0 Å². The van der Waals surface area contributed by atoms with Gasteiger partial charge >= 0.3 is 0 Å². The first-order valence-electron chi connectivity index (χ1n) is 5.54. The molecular formula is C12H22BrNO. The highest BCUT2D eigenvalue weighted by Gasteiger charge is 2.40. The average Bonchev–Trinajstić information content (AvgIpc) is 2.23. The van der Waals surface area contributed by atoms with Crippen LogP contribution in [-0.2, 0) is 4.79 Å². The Kier molecular flexibility index (Phi) is 3.54. The Labute approximate surface area is 102 Å². The van der Waals surface area contributed by atoms with Gasteiger partial charge in [0.15, 0.2) is 0 Å². The van der Waals surface area contributed by atoms with E-state index in [0.717, 1.165) is 13.1 Å². The van der Waals surface area contributed by atoms with Gasteiger partial charge in [-0.2, -0.15) is 0 Å². The highest BCUT2D eigenvalue weighted by atomic mass is 79.9. The van der Waals surface area contributed by atoms with Crippen molar-refractivity contribution in [3.05, 3.63) is 0 Å². The largest absolute Gasteiger partial charge is 0.341 e. The number of alkyl halides is 1. The van der Waals surface area contributed by atoms with E-state index in [1.807, 2.05) is 4.90 Å². The first-order valence-corrected chi connectivity index (χ1v) is 6.45. The molecule has 0 bridgehead atoms. The van der Waals surface area contributed by atoms with Crippen molar-refractivity contribution in [3.8, 4) is 0 Å². The molecule has 0 aliphatic carbocycles. The van der Waals surface area contributed by atoms with Crippen LogP contribution >= 0.6 is 15.9 Å². The predicted octanol–water partition coefficient (Wildman–Crippen LogP) is 3.05. The third-order valence-electron chi connectivity index (χ3n) is 2.86. The molecule has 1 atom stereocenters. The molecule has 1 fully saturated rings. The first-order chi connectivity index (χ1) is 6.62. The van der Waals surface area contributed by atoms with Gasteiger partial charge in [0.05, 0.1) is 0 Å². The van der Waals surface area contributed by atoms with E-state index in [2.05, 4.69) is 50.5 Å². The molecule has 15 heavy (non-hydrogen) atoms. The second kappa shape index (κ2) is 4.08. The van der Waals surface area contributed by atoms with Crippen molar-refractivity contribution in [1.29, 1.82) is 0 Å². The lowest BCUT2D eigenvalue weighted by molar-refractivity contribution is -0.132. The Morgan fingerprint density at radius 2 is 2.00 bits per heavy atom. The minimum absolute atomic E-state index is 0.0889. The van der Waals surface area contributed by atoms with Gasteiger partial charge in [0.2, 0.25) is 5.91 Å². The van der Waals surface area contributed by atoms with Crippen LogP contribution in [0, 0.1) is 10.8 Å². The number of likely N-dealkylation sites (tertiary alicyclic amines) is 1. The Hall–Kier alpha value is -0.0500. The molecule has 1 saturated heterocycles. The number of hydrogen-bond donors (Lipinski definition) is 0. The number of hydrogen-bond acceptors (Lipinski definition) is 1. The van der Waals surface area contributed by atoms with Crippen molar-refractivity contribution in [2.24, 2.45) is 10.8 Å². The molecule has 1 unspecified atom stereocenters. The van der Waals surface area contributed by atoms with Gasteiger partial charge in [-0.3, -0.25) is 4.79 Å². The van der Waals surface area contributed by atoms with Crippen LogP contribution in [0.25, 0.3) is 0 Å². The number of nitrogens with zero attached hydrogens (tertiary/aromatic N) is 1. The third kappa shape index (κ3) is 3.47. The summed E-state index contributed by atoms with van der Waals surface area (Å²) >= 11 is 3.65. The molecule has 0 aromatic carbocycles. The first kappa shape index (κ1) is 13.0. The minimum atomic E-state index is 0.0889. The Morgan fingerprint density at radius 1 is 1.47 bits per heavy atom. The maximum atomic E-state index is 12.0. The van der Waals surface area contributed by atoms with E-state index in [1.165, 1.54) is 0 Å². The molecule has 1 amide bonds. The number of rotatable bonds is 1. The summed E-state index contributed by atoms with van der Waals surface area (Å²) in [7, 11) is 0. The number of carbonyl (C=O) groups excluding carboxylic acids is 1. The van der Waals surface area contributed by atoms with E-state index >= 15 is 0 Å². The zero-order valence-electron chi connectivity index (χ0n) is 10.4. The van der Waals surface area contributed by atoms with Crippen LogP contribution in [-0.4, -0.2) is 28.7 Å². The lowest BCUT2D eigenvalue weighted by Gasteiger charge is -2.24. The molecule has 0 radical (unpaired) electrons. The average molecular weight is 276 g/mol. The Balaban J connectivity index is 2.58. The summed E-state index contributed by atoms with van der Waals surface area (Å²) in [6, 6.07) is 0. The molecule has 0 aromatic heterocycles. The summed E-state index contributed by atoms with van der Waals surface area (Å²) in [5.41, 5.74) is 0.291. The van der Waals surface area contributed by atoms with Crippen LogP contribution < -0.4 is 0 Å². The van der Waals surface area contributed by atoms with Gasteiger partial charge in [-0.25, -0.2) is 0 Å². The molecule has 0 aromatic rings. The summed E-state index contributed by atoms with van der Waals surface area (Å²) in [4.78, 5) is 14.4. The van der Waals surface area contributed by atoms with Crippen LogP contribution in [0.5, 0.6) is 0 Å². The lowest BCUT2D eigenvalue weighted by atomic mass is 9.91. The van der Waals surface area contributed by atoms with Gasteiger partial charge < -0.3 is 4.90 Å². The standard InChI is InChI=1S/C12H22BrNO/c1-11(2,3)6-10(15)14-7-9(13)12(4,5)8-14/h9H,6-8H2,1-5H3. The molecule has 0 N–H and O–H groups in total. The molecule has 0 spiro atoms. The van der Waals surface area contributed by atoms with Crippen molar-refractivity contribution in [2.45, 2.75) is 45.9 Å². The van der Waals surface area contributed by atoms with Gasteiger partial charge in [0, 0.05) is 24.3 Å². The molecule has 1 aliphatic rings. The fraction of sp³-hybridized carbons (Fsp3) is 0.917. The van der Waals surface area contributed by atoms with Gasteiger partial charge in [0.25, 0.3) is 0 Å². The maximum Gasteiger partial charge on any atom is 0.223 e. The molecule has 1 heterocycles. The second-order valence-corrected chi connectivity index (χ2v) is 7.57. The molecule has 3 heteroatoms. The van der Waals surface area contributed by atoms with Crippen molar-refractivity contribution in [1.82, 2.24) is 4.90 Å². The van der Waals surface area contributed by atoms with Gasteiger partial charge in [-0.15, -0.1) is 0 Å². The highest BCUT2D eigenvalue weighted by Crippen LogP contribution is 2.35. The molecule has 88 valence electrons. The van der Waals surface area contributed by atoms with E-state index < -0.39 is 0 Å². The number of amides is 1. The second-order valence-electron chi connectivity index (χ2n) is 6.47. The quantitative estimate of drug-likeness (QED) is 0.674. The molecule has 1 aliphatic heterocycles. The highest BCUT2D eigenvalue weighted by molar-refractivity contribution is 9.09. The Bertz CT molecular complexity index is 255. The van der Waals surface area contributed by atoms with Crippen molar-refractivity contribution in [2.75, 3.05) is 13.1 Å². The number of halogens is 1. The summed E-state index contributed by atoms with van der Waals surface area (Å²) in [6.45, 7) is 12.5. The summed E-state index contributed by atoms with van der Waals surface area (Å²) in [6.07, 6.45) is 0.642. The summed E-state index contributed by atoms with van der Waals surface area (Å²) < 4.78 is 0. The van der Waals surface area contributed by atoms with Gasteiger partial charge in [-0.05, 0) is 10.8 Å². The molecular weight excluding hydrogens is 254 g/mol. The van der Waals surface area contributed by atoms with Crippen molar-refractivity contribution >= 4 is 21.8 Å². The Morgan fingerprint density at radius 3 is 2.33 bits per heavy atom. The zero-order valence-corrected chi connectivity index (χ0v) is 12.0. The van der Waals surface area contributed by atoms with Crippen LogP contribution in [0.15, 0.2) is 0 Å². The fourth-order valence-corrected chi connectivity index (χ4v) is 2.35. The van der Waals surface area contributed by atoms with Crippen molar-refractivity contribution in [3.63, 3.8) is 0 Å². The maximum absolute atomic E-state index is 12.0. The number of carbonyl (C=O) groups is 1. The smallest absolute Gasteiger partial charge is 0.223 e. The molecule has 0 saturated carbocycles. The zero-order chi connectivity index (χ0) is 11.9. The predicted molar refractivity (Wildman–Crippen MR) is 67.1 cm³/mol. The topological polar surface area (TPSA) is 20.3 Å². The lowest BCUT2D eigenvalue weighted by Crippen LogP contribution is -2.32. The minimum Gasteiger partial charge on any atom is -0.341 e. The van der Waals surface area contributed by atoms with E-state index in [-0.39, 0.29) is 16.7 Å². The molecule has 2 nitrogen and oxygen atoms in total. The van der Waals surface area contributed by atoms with Gasteiger partial charge in [-0.1, -0.05) is 50.5 Å². The monoisotopic (exact) mass is 275 g/mol. The van der Waals surface area contributed by atoms with Crippen molar-refractivity contribution < 1.29 is 4.79 Å². The van der Waals surface area contributed by atoms with E-state index in [9.17, 15) is 4.79 Å². The summed E-state index contributed by atoms with van der Waals surface area (Å²) in [5.74, 6) is 0.289. The van der Waals surface area contributed by atoms with Crippen LogP contribution in [0.2, 0.25) is 0 Å². The normalized spacial score (nSPS) is 25.7. The third-order valence-corrected chi connectivity index (χ3v) is 4.39. The SMILES string of the molecule is CC(C)(C)CC(=O)N1CC(Br)C(C)(C)C1. The van der Waals surface area contributed by atoms with E-state index in [0.29, 0.717) is 11.2 Å². The molecule has 1 rings (SSSR count). The van der Waals surface area contributed by atoms with Crippen LogP contribution in [0.4, 0.5) is 0 Å². The van der Waals surface area contributed by atoms with E-state index in [1.54, 1.807) is 0 Å². The summed E-state index contributed by atoms with van der Waals surface area (Å²) in [5, 5.41) is 0. The van der Waals surface area contributed by atoms with Crippen LogP contribution in [0.1, 0.15) is 41.0 Å². The van der Waals surface area contributed by atoms with Gasteiger partial charge in [0.1, 0.15) is 0 Å².